The van der Waals surface area contributed by atoms with Gasteiger partial charge in [-0.05, 0) is 31.5 Å². The Morgan fingerprint density at radius 1 is 1.10 bits per heavy atom. The summed E-state index contributed by atoms with van der Waals surface area (Å²) in [5, 5.41) is 13.9. The molecule has 0 saturated carbocycles. The van der Waals surface area contributed by atoms with Crippen LogP contribution in [0.25, 0.3) is 5.69 Å². The highest BCUT2D eigenvalue weighted by Crippen LogP contribution is 2.36. The first kappa shape index (κ1) is 19.9. The quantitative estimate of drug-likeness (QED) is 0.564. The summed E-state index contributed by atoms with van der Waals surface area (Å²) in [6, 6.07) is 8.37. The highest BCUT2D eigenvalue weighted by Gasteiger charge is 2.25. The van der Waals surface area contributed by atoms with E-state index in [9.17, 15) is 0 Å². The lowest BCUT2D eigenvalue weighted by molar-refractivity contribution is 0.122. The minimum atomic E-state index is -0.0414. The van der Waals surface area contributed by atoms with Crippen LogP contribution in [-0.2, 0) is 4.74 Å². The van der Waals surface area contributed by atoms with Crippen molar-refractivity contribution in [2.45, 2.75) is 44.0 Å². The molecule has 9 heteroatoms. The Morgan fingerprint density at radius 3 is 2.59 bits per heavy atom. The molecule has 2 aromatic heterocycles. The number of thioether (sulfide) groups is 1. The van der Waals surface area contributed by atoms with Crippen molar-refractivity contribution in [3.05, 3.63) is 41.5 Å². The normalized spacial score (nSPS) is 15.8. The Morgan fingerprint density at radius 2 is 1.90 bits per heavy atom. The molecular weight excluding hydrogens is 388 g/mol. The van der Waals surface area contributed by atoms with Crippen LogP contribution in [-0.4, -0.2) is 51.2 Å². The van der Waals surface area contributed by atoms with Crippen molar-refractivity contribution in [3.63, 3.8) is 0 Å². The number of ether oxygens (including phenoxy) is 1. The number of morpholine rings is 1. The molecule has 0 aliphatic carbocycles. The van der Waals surface area contributed by atoms with Gasteiger partial charge in [-0.15, -0.1) is 10.2 Å². The number of hydrogen-bond acceptors (Lipinski definition) is 8. The van der Waals surface area contributed by atoms with E-state index >= 15 is 0 Å². The first-order valence-corrected chi connectivity index (χ1v) is 10.8. The number of anilines is 1. The summed E-state index contributed by atoms with van der Waals surface area (Å²) in [7, 11) is 0. The molecule has 1 saturated heterocycles. The average molecular weight is 415 g/mol. The van der Waals surface area contributed by atoms with Crippen molar-refractivity contribution in [3.8, 4) is 5.69 Å². The fourth-order valence-corrected chi connectivity index (χ4v) is 4.05. The minimum absolute atomic E-state index is 0.0414. The number of nitrogens with zero attached hydrogens (tertiary/aromatic N) is 6. The van der Waals surface area contributed by atoms with Gasteiger partial charge in [0.15, 0.2) is 11.0 Å². The van der Waals surface area contributed by atoms with Gasteiger partial charge >= 0.3 is 0 Å². The number of aromatic nitrogens is 5. The summed E-state index contributed by atoms with van der Waals surface area (Å²) in [6.07, 6.45) is 0. The van der Waals surface area contributed by atoms with Crippen molar-refractivity contribution >= 4 is 17.7 Å². The second-order valence-electron chi connectivity index (χ2n) is 7.46. The van der Waals surface area contributed by atoms with Gasteiger partial charge in [0, 0.05) is 19.0 Å². The fourth-order valence-electron chi connectivity index (χ4n) is 3.16. The number of hydrogen-bond donors (Lipinski definition) is 0. The highest BCUT2D eigenvalue weighted by atomic mass is 32.2. The topological polar surface area (TPSA) is 82.1 Å². The lowest BCUT2D eigenvalue weighted by Gasteiger charge is -2.28. The molecular formula is C20H26N6O2S. The Bertz CT molecular complexity index is 964. The molecule has 8 nitrogen and oxygen atoms in total. The summed E-state index contributed by atoms with van der Waals surface area (Å²) in [5.41, 5.74) is 2.23. The summed E-state index contributed by atoms with van der Waals surface area (Å²) in [5.74, 6) is 2.39. The maximum absolute atomic E-state index is 5.50. The zero-order valence-corrected chi connectivity index (χ0v) is 18.0. The maximum Gasteiger partial charge on any atom is 0.239 e. The van der Waals surface area contributed by atoms with Crippen LogP contribution >= 0.6 is 11.8 Å². The Kier molecular flexibility index (Phi) is 5.86. The smallest absolute Gasteiger partial charge is 0.239 e. The van der Waals surface area contributed by atoms with Crippen molar-refractivity contribution < 1.29 is 9.26 Å². The third-order valence-electron chi connectivity index (χ3n) is 4.77. The molecule has 3 aromatic rings. The monoisotopic (exact) mass is 414 g/mol. The van der Waals surface area contributed by atoms with Gasteiger partial charge in [0.1, 0.15) is 0 Å². The van der Waals surface area contributed by atoms with Crippen molar-refractivity contribution in [2.24, 2.45) is 0 Å². The van der Waals surface area contributed by atoms with E-state index in [1.807, 2.05) is 6.92 Å². The van der Waals surface area contributed by atoms with E-state index in [0.717, 1.165) is 35.7 Å². The lowest BCUT2D eigenvalue weighted by atomic mass is 10.2. The van der Waals surface area contributed by atoms with E-state index in [1.54, 1.807) is 11.8 Å². The fraction of sp³-hybridized carbons (Fsp3) is 0.500. The third-order valence-corrected chi connectivity index (χ3v) is 5.80. The predicted molar refractivity (Wildman–Crippen MR) is 112 cm³/mol. The molecule has 1 fully saturated rings. The van der Waals surface area contributed by atoms with Gasteiger partial charge in [0.05, 0.1) is 24.2 Å². The predicted octanol–water partition coefficient (Wildman–Crippen LogP) is 3.77. The van der Waals surface area contributed by atoms with Crippen LogP contribution in [0.15, 0.2) is 33.9 Å². The molecule has 1 atom stereocenters. The van der Waals surface area contributed by atoms with Crippen LogP contribution in [0.2, 0.25) is 0 Å². The zero-order valence-electron chi connectivity index (χ0n) is 17.2. The highest BCUT2D eigenvalue weighted by molar-refractivity contribution is 7.99. The molecule has 154 valence electrons. The Hall–Kier alpha value is -2.39. The Labute approximate surface area is 174 Å². The molecule has 1 aromatic carbocycles. The van der Waals surface area contributed by atoms with Crippen LogP contribution in [0.5, 0.6) is 0 Å². The number of rotatable bonds is 6. The average Bonchev–Trinajstić information content (AvgIpc) is 3.36. The van der Waals surface area contributed by atoms with Gasteiger partial charge < -0.3 is 14.2 Å². The van der Waals surface area contributed by atoms with Crippen LogP contribution in [0.4, 0.5) is 5.95 Å². The second-order valence-corrected chi connectivity index (χ2v) is 8.77. The van der Waals surface area contributed by atoms with Gasteiger partial charge in [-0.25, -0.2) is 0 Å². The summed E-state index contributed by atoms with van der Waals surface area (Å²) in [4.78, 5) is 6.76. The van der Waals surface area contributed by atoms with Crippen LogP contribution in [0.1, 0.15) is 49.2 Å². The van der Waals surface area contributed by atoms with E-state index < -0.39 is 0 Å². The van der Waals surface area contributed by atoms with E-state index in [0.29, 0.717) is 19.1 Å². The van der Waals surface area contributed by atoms with Gasteiger partial charge in [-0.2, -0.15) is 4.98 Å². The largest absolute Gasteiger partial charge is 0.378 e. The molecule has 0 N–H and O–H groups in total. The van der Waals surface area contributed by atoms with Crippen LogP contribution in [0, 0.1) is 6.92 Å². The van der Waals surface area contributed by atoms with Gasteiger partial charge in [-0.3, -0.25) is 4.57 Å². The van der Waals surface area contributed by atoms with Crippen molar-refractivity contribution in [1.82, 2.24) is 24.9 Å². The van der Waals surface area contributed by atoms with Crippen molar-refractivity contribution in [1.29, 1.82) is 0 Å². The molecule has 1 aliphatic heterocycles. The van der Waals surface area contributed by atoms with E-state index in [4.69, 9.17) is 9.26 Å². The third kappa shape index (κ3) is 4.30. The molecule has 4 rings (SSSR count). The van der Waals surface area contributed by atoms with Gasteiger partial charge in [-0.1, -0.05) is 42.9 Å². The lowest BCUT2D eigenvalue weighted by Crippen LogP contribution is -2.37. The molecule has 0 bridgehead atoms. The van der Waals surface area contributed by atoms with Gasteiger partial charge in [0.25, 0.3) is 0 Å². The second kappa shape index (κ2) is 8.54. The van der Waals surface area contributed by atoms with E-state index in [2.05, 4.69) is 74.8 Å². The molecule has 0 spiro atoms. The first-order valence-electron chi connectivity index (χ1n) is 9.88. The molecule has 0 amide bonds. The summed E-state index contributed by atoms with van der Waals surface area (Å²) >= 11 is 1.57. The molecule has 3 heterocycles. The molecule has 0 unspecified atom stereocenters. The summed E-state index contributed by atoms with van der Waals surface area (Å²) in [6.45, 7) is 11.2. The zero-order chi connectivity index (χ0) is 20.4. The number of benzene rings is 1. The Balaban J connectivity index is 1.67. The maximum atomic E-state index is 5.50. The molecule has 29 heavy (non-hydrogen) atoms. The summed E-state index contributed by atoms with van der Waals surface area (Å²) < 4.78 is 13.1. The standard InChI is InChI=1S/C20H26N6O2S/c1-13(2)17-21-18(28-24-17)15(4)29-20-23-22-19(25-8-10-27-11-9-25)26(20)16-7-5-6-14(3)12-16/h5-7,12-13,15H,8-11H2,1-4H3/t15-/m0/s1. The number of aryl methyl sites for hydroxylation is 1. The van der Waals surface area contributed by atoms with E-state index in [-0.39, 0.29) is 11.2 Å². The van der Waals surface area contributed by atoms with Crippen LogP contribution in [0.3, 0.4) is 0 Å². The molecule has 1 aliphatic rings. The first-order chi connectivity index (χ1) is 14.0. The van der Waals surface area contributed by atoms with Gasteiger partial charge in [0.2, 0.25) is 11.8 Å². The SMILES string of the molecule is Cc1cccc(-n2c(S[C@@H](C)c3nc(C(C)C)no3)nnc2N2CCOCC2)c1. The minimum Gasteiger partial charge on any atom is -0.378 e. The molecule has 0 radical (unpaired) electrons. The van der Waals surface area contributed by atoms with Crippen molar-refractivity contribution in [2.75, 3.05) is 31.2 Å². The van der Waals surface area contributed by atoms with E-state index in [1.165, 1.54) is 5.56 Å². The van der Waals surface area contributed by atoms with Crippen LogP contribution < -0.4 is 4.90 Å².